The highest BCUT2D eigenvalue weighted by atomic mass is 79.9. The molecule has 0 N–H and O–H groups in total. The molecule has 0 radical (unpaired) electrons. The van der Waals surface area contributed by atoms with E-state index in [2.05, 4.69) is 15.9 Å². The van der Waals surface area contributed by atoms with Crippen LogP contribution in [0.15, 0.2) is 19.8 Å². The van der Waals surface area contributed by atoms with Crippen molar-refractivity contribution in [2.24, 2.45) is 0 Å². The van der Waals surface area contributed by atoms with Gasteiger partial charge in [0, 0.05) is 12.0 Å². The van der Waals surface area contributed by atoms with Gasteiger partial charge in [0.25, 0.3) is 0 Å². The SMILES string of the molecule is COc1c2c(c(OC)c3oc(=O)c(Br)cc13)OCC2. The maximum Gasteiger partial charge on any atom is 0.350 e. The lowest BCUT2D eigenvalue weighted by Gasteiger charge is -2.13. The molecule has 5 nitrogen and oxygen atoms in total. The predicted octanol–water partition coefficient (Wildman–Crippen LogP) is 2.51. The molecule has 0 spiro atoms. The summed E-state index contributed by atoms with van der Waals surface area (Å²) in [5.74, 6) is 1.69. The van der Waals surface area contributed by atoms with Crippen molar-refractivity contribution >= 4 is 26.9 Å². The van der Waals surface area contributed by atoms with Gasteiger partial charge in [0.2, 0.25) is 5.75 Å². The number of fused-ring (bicyclic) bond motifs is 2. The van der Waals surface area contributed by atoms with Crippen molar-refractivity contribution in [2.75, 3.05) is 20.8 Å². The van der Waals surface area contributed by atoms with Crippen LogP contribution in [0.25, 0.3) is 11.0 Å². The van der Waals surface area contributed by atoms with Gasteiger partial charge in [-0.15, -0.1) is 0 Å². The summed E-state index contributed by atoms with van der Waals surface area (Å²) in [6.07, 6.45) is 0.738. The maximum absolute atomic E-state index is 11.7. The van der Waals surface area contributed by atoms with E-state index in [0.717, 1.165) is 12.0 Å². The Bertz CT molecular complexity index is 719. The first kappa shape index (κ1) is 12.3. The van der Waals surface area contributed by atoms with Gasteiger partial charge in [0.05, 0.1) is 26.2 Å². The average Bonchev–Trinajstić information content (AvgIpc) is 2.86. The van der Waals surface area contributed by atoms with Crippen molar-refractivity contribution in [1.82, 2.24) is 0 Å². The second kappa shape index (κ2) is 4.45. The third-order valence-electron chi connectivity index (χ3n) is 3.12. The Morgan fingerprint density at radius 3 is 2.68 bits per heavy atom. The smallest absolute Gasteiger partial charge is 0.350 e. The predicted molar refractivity (Wildman–Crippen MR) is 72.5 cm³/mol. The van der Waals surface area contributed by atoms with Gasteiger partial charge >= 0.3 is 5.63 Å². The number of rotatable bonds is 2. The molecule has 0 atom stereocenters. The Morgan fingerprint density at radius 2 is 2.00 bits per heavy atom. The fourth-order valence-corrected chi connectivity index (χ4v) is 2.65. The second-order valence-corrected chi connectivity index (χ2v) is 4.95. The summed E-state index contributed by atoms with van der Waals surface area (Å²) in [4.78, 5) is 11.7. The van der Waals surface area contributed by atoms with Crippen molar-refractivity contribution in [3.63, 3.8) is 0 Å². The molecular formula is C13H11BrO5. The molecule has 0 saturated carbocycles. The molecule has 0 unspecified atom stereocenters. The minimum absolute atomic E-state index is 0.341. The Balaban J connectivity index is 2.52. The van der Waals surface area contributed by atoms with Crippen LogP contribution in [-0.4, -0.2) is 20.8 Å². The normalized spacial score (nSPS) is 13.2. The summed E-state index contributed by atoms with van der Waals surface area (Å²) in [6.45, 7) is 0.559. The Labute approximate surface area is 117 Å². The Kier molecular flexibility index (Phi) is 2.89. The summed E-state index contributed by atoms with van der Waals surface area (Å²) in [6, 6.07) is 1.68. The molecule has 2 aromatic rings. The van der Waals surface area contributed by atoms with E-state index < -0.39 is 5.63 Å². The topological polar surface area (TPSA) is 57.9 Å². The molecule has 19 heavy (non-hydrogen) atoms. The fraction of sp³-hybridized carbons (Fsp3) is 0.308. The van der Waals surface area contributed by atoms with Crippen molar-refractivity contribution < 1.29 is 18.6 Å². The van der Waals surface area contributed by atoms with Gasteiger partial charge in [-0.05, 0) is 22.0 Å². The lowest BCUT2D eigenvalue weighted by atomic mass is 10.1. The largest absolute Gasteiger partial charge is 0.496 e. The summed E-state index contributed by atoms with van der Waals surface area (Å²) >= 11 is 3.17. The fourth-order valence-electron chi connectivity index (χ4n) is 2.34. The zero-order valence-electron chi connectivity index (χ0n) is 10.4. The number of benzene rings is 1. The summed E-state index contributed by atoms with van der Waals surface area (Å²) < 4.78 is 22.0. The number of hydrogen-bond acceptors (Lipinski definition) is 5. The maximum atomic E-state index is 11.7. The molecule has 1 aromatic carbocycles. The average molecular weight is 327 g/mol. The van der Waals surface area contributed by atoms with E-state index >= 15 is 0 Å². The van der Waals surface area contributed by atoms with E-state index in [4.69, 9.17) is 18.6 Å². The number of methoxy groups -OCH3 is 2. The number of halogens is 1. The van der Waals surface area contributed by atoms with E-state index in [1.54, 1.807) is 13.2 Å². The zero-order chi connectivity index (χ0) is 13.6. The molecule has 6 heteroatoms. The first-order chi connectivity index (χ1) is 9.17. The third-order valence-corrected chi connectivity index (χ3v) is 3.67. The summed E-state index contributed by atoms with van der Waals surface area (Å²) in [7, 11) is 3.10. The molecule has 0 saturated heterocycles. The van der Waals surface area contributed by atoms with Crippen LogP contribution in [0.5, 0.6) is 17.2 Å². The third kappa shape index (κ3) is 1.70. The monoisotopic (exact) mass is 326 g/mol. The summed E-state index contributed by atoms with van der Waals surface area (Å²) in [5.41, 5.74) is 0.812. The van der Waals surface area contributed by atoms with E-state index in [9.17, 15) is 4.79 Å². The lowest BCUT2D eigenvalue weighted by molar-refractivity contribution is 0.324. The zero-order valence-corrected chi connectivity index (χ0v) is 12.0. The molecule has 1 aliphatic rings. The van der Waals surface area contributed by atoms with Gasteiger partial charge in [-0.2, -0.15) is 0 Å². The Morgan fingerprint density at radius 1 is 1.26 bits per heavy atom. The van der Waals surface area contributed by atoms with E-state index in [-0.39, 0.29) is 0 Å². The van der Waals surface area contributed by atoms with E-state index in [1.165, 1.54) is 7.11 Å². The molecule has 0 amide bonds. The molecular weight excluding hydrogens is 316 g/mol. The van der Waals surface area contributed by atoms with Gasteiger partial charge in [0.1, 0.15) is 10.2 Å². The highest BCUT2D eigenvalue weighted by molar-refractivity contribution is 9.10. The van der Waals surface area contributed by atoms with Crippen LogP contribution in [0.1, 0.15) is 5.56 Å². The molecule has 1 aromatic heterocycles. The first-order valence-electron chi connectivity index (χ1n) is 5.70. The van der Waals surface area contributed by atoms with Crippen molar-refractivity contribution in [3.05, 3.63) is 26.5 Å². The van der Waals surface area contributed by atoms with Crippen LogP contribution in [-0.2, 0) is 6.42 Å². The first-order valence-corrected chi connectivity index (χ1v) is 6.49. The van der Waals surface area contributed by atoms with Crippen LogP contribution in [0.4, 0.5) is 0 Å². The van der Waals surface area contributed by atoms with Crippen molar-refractivity contribution in [3.8, 4) is 17.2 Å². The van der Waals surface area contributed by atoms with Crippen molar-refractivity contribution in [2.45, 2.75) is 6.42 Å². The van der Waals surface area contributed by atoms with Crippen LogP contribution in [0.3, 0.4) is 0 Å². The molecule has 0 fully saturated rings. The highest BCUT2D eigenvalue weighted by Crippen LogP contribution is 2.48. The minimum atomic E-state index is -0.467. The molecule has 0 bridgehead atoms. The number of ether oxygens (including phenoxy) is 3. The quantitative estimate of drug-likeness (QED) is 0.793. The van der Waals surface area contributed by atoms with Gasteiger partial charge in [-0.1, -0.05) is 0 Å². The van der Waals surface area contributed by atoms with Crippen LogP contribution < -0.4 is 19.8 Å². The van der Waals surface area contributed by atoms with Crippen molar-refractivity contribution in [1.29, 1.82) is 0 Å². The van der Waals surface area contributed by atoms with E-state index in [0.29, 0.717) is 39.3 Å². The molecule has 3 rings (SSSR count). The van der Waals surface area contributed by atoms with Gasteiger partial charge in [0.15, 0.2) is 11.3 Å². The minimum Gasteiger partial charge on any atom is -0.496 e. The van der Waals surface area contributed by atoms with Crippen LogP contribution in [0.2, 0.25) is 0 Å². The molecule has 0 aliphatic carbocycles. The van der Waals surface area contributed by atoms with Gasteiger partial charge < -0.3 is 18.6 Å². The Hall–Kier alpha value is -1.69. The summed E-state index contributed by atoms with van der Waals surface area (Å²) in [5, 5.41) is 0.690. The van der Waals surface area contributed by atoms with Gasteiger partial charge in [-0.3, -0.25) is 0 Å². The van der Waals surface area contributed by atoms with E-state index in [1.807, 2.05) is 0 Å². The second-order valence-electron chi connectivity index (χ2n) is 4.10. The number of hydrogen-bond donors (Lipinski definition) is 0. The lowest BCUT2D eigenvalue weighted by Crippen LogP contribution is -2.02. The molecule has 2 heterocycles. The van der Waals surface area contributed by atoms with Crippen LogP contribution >= 0.6 is 15.9 Å². The van der Waals surface area contributed by atoms with Crippen LogP contribution in [0, 0.1) is 0 Å². The molecule has 1 aliphatic heterocycles. The standard InChI is InChI=1S/C13H11BrO5/c1-16-9-6-3-4-18-10(6)12(17-2)11-7(9)5-8(14)13(15)19-11/h5H,3-4H2,1-2H3. The van der Waals surface area contributed by atoms with Gasteiger partial charge in [-0.25, -0.2) is 4.79 Å². The molecule has 100 valence electrons. The highest BCUT2D eigenvalue weighted by Gasteiger charge is 2.28.